The number of carbonyl (C=O) groups is 1. The Morgan fingerprint density at radius 1 is 1.53 bits per heavy atom. The van der Waals surface area contributed by atoms with E-state index in [1.165, 1.54) is 11.8 Å². The van der Waals surface area contributed by atoms with Crippen molar-refractivity contribution in [2.24, 2.45) is 0 Å². The molecule has 4 heteroatoms. The van der Waals surface area contributed by atoms with Crippen LogP contribution in [-0.4, -0.2) is 31.5 Å². The summed E-state index contributed by atoms with van der Waals surface area (Å²) in [5.74, 6) is -0.0907. The van der Waals surface area contributed by atoms with Crippen LogP contribution in [0, 0.1) is 6.92 Å². The molecule has 0 saturated carbocycles. The molecule has 0 fully saturated rings. The lowest BCUT2D eigenvalue weighted by atomic mass is 10.1. The van der Waals surface area contributed by atoms with Gasteiger partial charge in [0.25, 0.3) is 11.6 Å². The topological polar surface area (TPSA) is 41.3 Å². The van der Waals surface area contributed by atoms with Crippen molar-refractivity contribution >= 4 is 18.3 Å². The summed E-state index contributed by atoms with van der Waals surface area (Å²) < 4.78 is 1.39. The number of nitrogens with zero attached hydrogens (tertiary/aromatic N) is 1. The minimum Gasteiger partial charge on any atom is -0.355 e. The van der Waals surface area contributed by atoms with Gasteiger partial charge in [0, 0.05) is 29.5 Å². The van der Waals surface area contributed by atoms with Gasteiger partial charge in [-0.15, -0.1) is 0 Å². The van der Waals surface area contributed by atoms with Crippen LogP contribution in [0.2, 0.25) is 0 Å². The van der Waals surface area contributed by atoms with E-state index in [4.69, 9.17) is 4.84 Å². The molecular weight excluding hydrogens is 192 g/mol. The van der Waals surface area contributed by atoms with E-state index in [9.17, 15) is 4.79 Å². The summed E-state index contributed by atoms with van der Waals surface area (Å²) >= 11 is 0. The first-order valence-electron chi connectivity index (χ1n) is 4.57. The Bertz CT molecular complexity index is 400. The largest absolute Gasteiger partial charge is 0.355 e. The van der Waals surface area contributed by atoms with Crippen LogP contribution >= 0.6 is 0 Å². The van der Waals surface area contributed by atoms with Crippen molar-refractivity contribution in [2.75, 3.05) is 14.2 Å². The molecular formula is C11H15N2O2+. The highest BCUT2D eigenvalue weighted by atomic mass is 16.6. The van der Waals surface area contributed by atoms with Crippen molar-refractivity contribution < 1.29 is 14.4 Å². The second kappa shape index (κ2) is 4.59. The maximum atomic E-state index is 11.4. The standard InChI is InChI=1S/C11H14N2O2/c1-8-7-9(13(3)15-4)5-6-10(8)11(14)12-2/h5-7H,3H2,1-2,4H3/p+1. The molecule has 80 valence electrons. The molecule has 0 radical (unpaired) electrons. The molecule has 0 aliphatic carbocycles. The average molecular weight is 207 g/mol. The van der Waals surface area contributed by atoms with Crippen molar-refractivity contribution in [3.8, 4) is 0 Å². The first-order chi connectivity index (χ1) is 7.10. The number of carbonyl (C=O) groups excluding carboxylic acids is 1. The van der Waals surface area contributed by atoms with Gasteiger partial charge in [-0.3, -0.25) is 9.63 Å². The monoisotopic (exact) mass is 207 g/mol. The number of benzene rings is 1. The maximum absolute atomic E-state index is 11.4. The fourth-order valence-corrected chi connectivity index (χ4v) is 1.30. The number of amides is 1. The molecule has 4 nitrogen and oxygen atoms in total. The Labute approximate surface area is 89.1 Å². The van der Waals surface area contributed by atoms with Crippen molar-refractivity contribution in [3.63, 3.8) is 0 Å². The summed E-state index contributed by atoms with van der Waals surface area (Å²) in [5.41, 5.74) is 2.35. The number of hydrogen-bond acceptors (Lipinski definition) is 2. The van der Waals surface area contributed by atoms with Crippen LogP contribution in [0.5, 0.6) is 0 Å². The van der Waals surface area contributed by atoms with Gasteiger partial charge in [-0.05, 0) is 18.6 Å². The number of hydrogen-bond donors (Lipinski definition) is 1. The van der Waals surface area contributed by atoms with E-state index in [1.807, 2.05) is 13.0 Å². The van der Waals surface area contributed by atoms with Gasteiger partial charge in [-0.25, -0.2) is 0 Å². The number of nitrogens with one attached hydrogen (secondary N) is 1. The molecule has 15 heavy (non-hydrogen) atoms. The van der Waals surface area contributed by atoms with E-state index in [0.29, 0.717) is 5.56 Å². The van der Waals surface area contributed by atoms with Crippen LogP contribution in [0.25, 0.3) is 0 Å². The van der Waals surface area contributed by atoms with Crippen LogP contribution in [0.1, 0.15) is 15.9 Å². The third-order valence-electron chi connectivity index (χ3n) is 2.19. The van der Waals surface area contributed by atoms with Crippen molar-refractivity contribution in [3.05, 3.63) is 29.3 Å². The van der Waals surface area contributed by atoms with Gasteiger partial charge in [0.15, 0.2) is 6.72 Å². The Morgan fingerprint density at radius 3 is 2.67 bits per heavy atom. The molecule has 0 unspecified atom stereocenters. The normalized spacial score (nSPS) is 9.53. The zero-order chi connectivity index (χ0) is 11.4. The molecule has 0 atom stereocenters. The zero-order valence-corrected chi connectivity index (χ0v) is 9.20. The predicted octanol–water partition coefficient (Wildman–Crippen LogP) is 1.26. The Kier molecular flexibility index (Phi) is 3.44. The first kappa shape index (κ1) is 11.2. The van der Waals surface area contributed by atoms with Gasteiger partial charge in [0.05, 0.1) is 0 Å². The molecule has 0 aliphatic rings. The van der Waals surface area contributed by atoms with Gasteiger partial charge < -0.3 is 5.32 Å². The molecule has 0 aromatic heterocycles. The lowest BCUT2D eigenvalue weighted by molar-refractivity contribution is -0.714. The highest BCUT2D eigenvalue weighted by molar-refractivity contribution is 5.95. The highest BCUT2D eigenvalue weighted by Gasteiger charge is 2.12. The SMILES string of the molecule is C=[N+](OC)c1ccc(C(=O)NC)c(C)c1. The first-order valence-corrected chi connectivity index (χ1v) is 4.57. The summed E-state index contributed by atoms with van der Waals surface area (Å²) in [7, 11) is 3.15. The summed E-state index contributed by atoms with van der Waals surface area (Å²) in [6.45, 7) is 5.55. The van der Waals surface area contributed by atoms with Crippen LogP contribution < -0.4 is 5.32 Å². The lowest BCUT2D eigenvalue weighted by Crippen LogP contribution is -2.19. The molecule has 0 heterocycles. The molecule has 0 spiro atoms. The molecule has 1 N–H and O–H groups in total. The molecule has 1 aromatic rings. The highest BCUT2D eigenvalue weighted by Crippen LogP contribution is 2.17. The Balaban J connectivity index is 3.08. The Hall–Kier alpha value is -1.84. The van der Waals surface area contributed by atoms with Crippen molar-refractivity contribution in [1.29, 1.82) is 0 Å². The summed E-state index contributed by atoms with van der Waals surface area (Å²) in [6.07, 6.45) is 0. The van der Waals surface area contributed by atoms with Crippen molar-refractivity contribution in [1.82, 2.24) is 5.32 Å². The molecule has 1 aromatic carbocycles. The zero-order valence-electron chi connectivity index (χ0n) is 9.20. The van der Waals surface area contributed by atoms with Crippen molar-refractivity contribution in [2.45, 2.75) is 6.92 Å². The fraction of sp³-hybridized carbons (Fsp3) is 0.273. The third-order valence-corrected chi connectivity index (χ3v) is 2.19. The van der Waals surface area contributed by atoms with Gasteiger partial charge in [-0.2, -0.15) is 0 Å². The molecule has 1 amide bonds. The van der Waals surface area contributed by atoms with Crippen LogP contribution in [-0.2, 0) is 4.84 Å². The minimum absolute atomic E-state index is 0.0907. The summed E-state index contributed by atoms with van der Waals surface area (Å²) in [4.78, 5) is 16.4. The number of rotatable bonds is 3. The van der Waals surface area contributed by atoms with E-state index in [1.54, 1.807) is 19.2 Å². The second-order valence-corrected chi connectivity index (χ2v) is 3.14. The molecule has 0 aliphatic heterocycles. The van der Waals surface area contributed by atoms with Crippen LogP contribution in [0.15, 0.2) is 18.2 Å². The van der Waals surface area contributed by atoms with Gasteiger partial charge >= 0.3 is 0 Å². The minimum atomic E-state index is -0.0907. The fourth-order valence-electron chi connectivity index (χ4n) is 1.30. The quantitative estimate of drug-likeness (QED) is 0.460. The summed E-state index contributed by atoms with van der Waals surface area (Å²) in [5, 5.41) is 2.59. The second-order valence-electron chi connectivity index (χ2n) is 3.14. The van der Waals surface area contributed by atoms with Crippen LogP contribution in [0.3, 0.4) is 0 Å². The maximum Gasteiger partial charge on any atom is 0.257 e. The third kappa shape index (κ3) is 2.34. The Morgan fingerprint density at radius 2 is 2.20 bits per heavy atom. The lowest BCUT2D eigenvalue weighted by Gasteiger charge is -2.04. The van der Waals surface area contributed by atoms with Gasteiger partial charge in [-0.1, -0.05) is 0 Å². The van der Waals surface area contributed by atoms with E-state index in [-0.39, 0.29) is 5.91 Å². The number of aryl methyl sites for hydroxylation is 1. The van der Waals surface area contributed by atoms with E-state index < -0.39 is 0 Å². The summed E-state index contributed by atoms with van der Waals surface area (Å²) in [6, 6.07) is 5.38. The smallest absolute Gasteiger partial charge is 0.257 e. The van der Waals surface area contributed by atoms with E-state index >= 15 is 0 Å². The van der Waals surface area contributed by atoms with E-state index in [2.05, 4.69) is 12.0 Å². The molecule has 0 bridgehead atoms. The van der Waals surface area contributed by atoms with E-state index in [0.717, 1.165) is 11.3 Å². The van der Waals surface area contributed by atoms with Gasteiger partial charge in [0.1, 0.15) is 7.11 Å². The van der Waals surface area contributed by atoms with Crippen LogP contribution in [0.4, 0.5) is 5.69 Å². The average Bonchev–Trinajstić information content (AvgIpc) is 2.26. The van der Waals surface area contributed by atoms with Gasteiger partial charge in [0.2, 0.25) is 0 Å². The molecule has 0 saturated heterocycles. The predicted molar refractivity (Wildman–Crippen MR) is 58.6 cm³/mol. The molecule has 1 rings (SSSR count).